The number of ether oxygens (including phenoxy) is 1. The van der Waals surface area contributed by atoms with Crippen LogP contribution < -0.4 is 5.73 Å². The highest BCUT2D eigenvalue weighted by Gasteiger charge is 2.35. The van der Waals surface area contributed by atoms with Crippen molar-refractivity contribution in [1.29, 1.82) is 0 Å². The van der Waals surface area contributed by atoms with E-state index in [-0.39, 0.29) is 12.1 Å². The van der Waals surface area contributed by atoms with Gasteiger partial charge < -0.3 is 14.9 Å². The Labute approximate surface area is 103 Å². The van der Waals surface area contributed by atoms with E-state index in [4.69, 9.17) is 14.9 Å². The van der Waals surface area contributed by atoms with Gasteiger partial charge in [-0.3, -0.25) is 4.90 Å². The Morgan fingerprint density at radius 3 is 2.94 bits per heavy atom. The maximum absolute atomic E-state index is 5.81. The van der Waals surface area contributed by atoms with Crippen molar-refractivity contribution in [3.8, 4) is 0 Å². The molecule has 1 aliphatic rings. The lowest BCUT2D eigenvalue weighted by Gasteiger charge is -2.40. The summed E-state index contributed by atoms with van der Waals surface area (Å²) in [5.74, 6) is 1.01. The first-order chi connectivity index (χ1) is 8.27. The predicted molar refractivity (Wildman–Crippen MR) is 66.8 cm³/mol. The first-order valence-electron chi connectivity index (χ1n) is 6.37. The fourth-order valence-corrected chi connectivity index (χ4v) is 2.54. The molecule has 4 nitrogen and oxygen atoms in total. The summed E-state index contributed by atoms with van der Waals surface area (Å²) in [7, 11) is 0. The normalized spacial score (nSPS) is 26.3. The van der Waals surface area contributed by atoms with Gasteiger partial charge in [-0.25, -0.2) is 0 Å². The summed E-state index contributed by atoms with van der Waals surface area (Å²) in [5.41, 5.74) is 7.00. The fraction of sp³-hybridized carbons (Fsp3) is 0.692. The molecule has 1 aromatic heterocycles. The summed E-state index contributed by atoms with van der Waals surface area (Å²) in [6.07, 6.45) is 2.92. The predicted octanol–water partition coefficient (Wildman–Crippen LogP) is 1.70. The third-order valence-electron chi connectivity index (χ3n) is 3.37. The van der Waals surface area contributed by atoms with E-state index in [1.807, 2.05) is 6.07 Å². The van der Waals surface area contributed by atoms with Crippen molar-refractivity contribution >= 4 is 0 Å². The smallest absolute Gasteiger partial charge is 0.126 e. The summed E-state index contributed by atoms with van der Waals surface area (Å²) in [6.45, 7) is 7.58. The number of nitrogens with two attached hydrogens (primary N) is 1. The highest BCUT2D eigenvalue weighted by Crippen LogP contribution is 2.31. The minimum atomic E-state index is 0.0418. The Morgan fingerprint density at radius 2 is 2.35 bits per heavy atom. The number of hydrogen-bond acceptors (Lipinski definition) is 4. The van der Waals surface area contributed by atoms with E-state index in [0.29, 0.717) is 6.54 Å². The molecule has 1 aliphatic heterocycles. The van der Waals surface area contributed by atoms with Crippen molar-refractivity contribution < 1.29 is 9.15 Å². The van der Waals surface area contributed by atoms with Gasteiger partial charge in [-0.1, -0.05) is 6.92 Å². The van der Waals surface area contributed by atoms with Crippen LogP contribution >= 0.6 is 0 Å². The van der Waals surface area contributed by atoms with Gasteiger partial charge in [0.15, 0.2) is 0 Å². The molecular weight excluding hydrogens is 216 g/mol. The van der Waals surface area contributed by atoms with E-state index in [9.17, 15) is 0 Å². The van der Waals surface area contributed by atoms with Gasteiger partial charge in [0, 0.05) is 13.1 Å². The van der Waals surface area contributed by atoms with Crippen molar-refractivity contribution in [2.75, 3.05) is 26.2 Å². The Balaban J connectivity index is 2.25. The molecule has 1 fully saturated rings. The van der Waals surface area contributed by atoms with Gasteiger partial charge in [0.2, 0.25) is 0 Å². The molecule has 0 radical (unpaired) electrons. The molecule has 2 rings (SSSR count). The molecular formula is C13H22N2O2. The Hall–Kier alpha value is -0.840. The lowest BCUT2D eigenvalue weighted by molar-refractivity contribution is -0.0741. The molecule has 2 N–H and O–H groups in total. The first kappa shape index (κ1) is 12.6. The van der Waals surface area contributed by atoms with Crippen molar-refractivity contribution in [3.63, 3.8) is 0 Å². The van der Waals surface area contributed by atoms with Crippen LogP contribution in [0.5, 0.6) is 0 Å². The fourth-order valence-electron chi connectivity index (χ4n) is 2.54. The SMILES string of the molecule is CCCN1CCOC(CN)C1c1occc1C. The van der Waals surface area contributed by atoms with E-state index in [2.05, 4.69) is 18.7 Å². The number of rotatable bonds is 4. The van der Waals surface area contributed by atoms with Gasteiger partial charge in [0.1, 0.15) is 5.76 Å². The molecule has 96 valence electrons. The number of nitrogens with zero attached hydrogens (tertiary/aromatic N) is 1. The number of aryl methyl sites for hydroxylation is 1. The Bertz CT molecular complexity index is 349. The highest BCUT2D eigenvalue weighted by atomic mass is 16.5. The van der Waals surface area contributed by atoms with Gasteiger partial charge in [-0.2, -0.15) is 0 Å². The zero-order valence-electron chi connectivity index (χ0n) is 10.7. The molecule has 1 aromatic rings. The minimum Gasteiger partial charge on any atom is -0.467 e. The molecule has 0 saturated carbocycles. The second-order valence-corrected chi connectivity index (χ2v) is 4.59. The average Bonchev–Trinajstić information content (AvgIpc) is 2.75. The monoisotopic (exact) mass is 238 g/mol. The maximum Gasteiger partial charge on any atom is 0.126 e. The largest absolute Gasteiger partial charge is 0.467 e. The van der Waals surface area contributed by atoms with Crippen LogP contribution in [0, 0.1) is 6.92 Å². The van der Waals surface area contributed by atoms with Gasteiger partial charge >= 0.3 is 0 Å². The molecule has 0 spiro atoms. The van der Waals surface area contributed by atoms with Gasteiger partial charge in [0.25, 0.3) is 0 Å². The third kappa shape index (κ3) is 2.54. The molecule has 2 heterocycles. The molecule has 17 heavy (non-hydrogen) atoms. The van der Waals surface area contributed by atoms with Crippen LogP contribution in [0.25, 0.3) is 0 Å². The average molecular weight is 238 g/mol. The van der Waals surface area contributed by atoms with E-state index in [1.165, 1.54) is 5.56 Å². The molecule has 0 aromatic carbocycles. The summed E-state index contributed by atoms with van der Waals surface area (Å²) in [6, 6.07) is 2.17. The van der Waals surface area contributed by atoms with Gasteiger partial charge in [-0.15, -0.1) is 0 Å². The van der Waals surface area contributed by atoms with Crippen molar-refractivity contribution in [3.05, 3.63) is 23.7 Å². The zero-order chi connectivity index (χ0) is 12.3. The van der Waals surface area contributed by atoms with E-state index in [0.717, 1.165) is 31.9 Å². The summed E-state index contributed by atoms with van der Waals surface area (Å²) >= 11 is 0. The van der Waals surface area contributed by atoms with Gasteiger partial charge in [0.05, 0.1) is 25.0 Å². The molecule has 4 heteroatoms. The second kappa shape index (κ2) is 5.67. The lowest BCUT2D eigenvalue weighted by atomic mass is 10.0. The molecule has 0 amide bonds. The van der Waals surface area contributed by atoms with Crippen LogP contribution in [-0.2, 0) is 4.74 Å². The third-order valence-corrected chi connectivity index (χ3v) is 3.37. The maximum atomic E-state index is 5.81. The summed E-state index contributed by atoms with van der Waals surface area (Å²) < 4.78 is 11.4. The van der Waals surface area contributed by atoms with E-state index in [1.54, 1.807) is 6.26 Å². The Kier molecular flexibility index (Phi) is 4.20. The minimum absolute atomic E-state index is 0.0418. The van der Waals surface area contributed by atoms with Crippen LogP contribution in [0.2, 0.25) is 0 Å². The van der Waals surface area contributed by atoms with Crippen LogP contribution in [0.3, 0.4) is 0 Å². The van der Waals surface area contributed by atoms with Crippen LogP contribution in [0.4, 0.5) is 0 Å². The molecule has 0 aliphatic carbocycles. The van der Waals surface area contributed by atoms with Crippen molar-refractivity contribution in [1.82, 2.24) is 4.90 Å². The van der Waals surface area contributed by atoms with Crippen LogP contribution in [0.1, 0.15) is 30.7 Å². The molecule has 2 atom stereocenters. The molecule has 1 saturated heterocycles. The number of hydrogen-bond donors (Lipinski definition) is 1. The standard InChI is InChI=1S/C13H22N2O2/c1-3-5-15-6-8-16-11(9-14)12(15)13-10(2)4-7-17-13/h4,7,11-12H,3,5-6,8-9,14H2,1-2H3. The molecule has 0 bridgehead atoms. The van der Waals surface area contributed by atoms with Crippen LogP contribution in [-0.4, -0.2) is 37.2 Å². The first-order valence-corrected chi connectivity index (χ1v) is 6.37. The van der Waals surface area contributed by atoms with E-state index >= 15 is 0 Å². The highest BCUT2D eigenvalue weighted by molar-refractivity contribution is 5.20. The zero-order valence-corrected chi connectivity index (χ0v) is 10.7. The molecule has 2 unspecified atom stereocenters. The summed E-state index contributed by atoms with van der Waals surface area (Å²) in [5, 5.41) is 0. The van der Waals surface area contributed by atoms with Gasteiger partial charge in [-0.05, 0) is 31.5 Å². The van der Waals surface area contributed by atoms with E-state index < -0.39 is 0 Å². The topological polar surface area (TPSA) is 51.6 Å². The van der Waals surface area contributed by atoms with Crippen molar-refractivity contribution in [2.24, 2.45) is 5.73 Å². The summed E-state index contributed by atoms with van der Waals surface area (Å²) in [4.78, 5) is 2.42. The number of furan rings is 1. The number of morpholine rings is 1. The lowest BCUT2D eigenvalue weighted by Crippen LogP contribution is -2.48. The van der Waals surface area contributed by atoms with Crippen LogP contribution in [0.15, 0.2) is 16.7 Å². The Morgan fingerprint density at radius 1 is 1.53 bits per heavy atom. The van der Waals surface area contributed by atoms with Crippen molar-refractivity contribution in [2.45, 2.75) is 32.4 Å². The second-order valence-electron chi connectivity index (χ2n) is 4.59. The quantitative estimate of drug-likeness (QED) is 0.867.